The fourth-order valence-electron chi connectivity index (χ4n) is 1.10. The van der Waals surface area contributed by atoms with Crippen LogP contribution in [0.25, 0.3) is 10.6 Å². The highest BCUT2D eigenvalue weighted by Crippen LogP contribution is 2.25. The van der Waals surface area contributed by atoms with Gasteiger partial charge in [-0.15, -0.1) is 11.3 Å². The molecule has 0 atom stereocenters. The van der Waals surface area contributed by atoms with Gasteiger partial charge in [0.25, 0.3) is 5.56 Å². The summed E-state index contributed by atoms with van der Waals surface area (Å²) in [5.41, 5.74) is 1.97. The first kappa shape index (κ1) is 7.36. The molecule has 2 rings (SSSR count). The molecule has 3 nitrogen and oxygen atoms in total. The van der Waals surface area contributed by atoms with Gasteiger partial charge in [0.2, 0.25) is 0 Å². The van der Waals surface area contributed by atoms with Gasteiger partial charge in [-0.05, 0) is 23.9 Å². The summed E-state index contributed by atoms with van der Waals surface area (Å²) in [6, 6.07) is 3.60. The largest absolute Gasteiger partial charge is 0.297 e. The van der Waals surface area contributed by atoms with Crippen molar-refractivity contribution in [3.8, 4) is 10.6 Å². The summed E-state index contributed by atoms with van der Waals surface area (Å²) in [5.74, 6) is 0. The molecule has 62 valence electrons. The van der Waals surface area contributed by atoms with E-state index in [4.69, 9.17) is 0 Å². The van der Waals surface area contributed by atoms with E-state index in [0.717, 1.165) is 10.6 Å². The van der Waals surface area contributed by atoms with Crippen molar-refractivity contribution in [1.29, 1.82) is 0 Å². The molecule has 0 radical (unpaired) electrons. The highest BCUT2D eigenvalue weighted by Gasteiger charge is 2.04. The minimum Gasteiger partial charge on any atom is -0.297 e. The molecule has 12 heavy (non-hydrogen) atoms. The molecule has 4 heteroatoms. The molecular formula is C8H8N2OS. The van der Waals surface area contributed by atoms with E-state index in [1.807, 2.05) is 18.4 Å². The number of aryl methyl sites for hydroxylation is 1. The van der Waals surface area contributed by atoms with Crippen LogP contribution in [0.15, 0.2) is 22.3 Å². The van der Waals surface area contributed by atoms with Crippen molar-refractivity contribution in [1.82, 2.24) is 10.2 Å². The molecule has 0 fully saturated rings. The standard InChI is InChI=1S/C8H8N2OS/c1-5-2-3-12-8(5)6-4-7(11)10-9-6/h2-4H,1H3,(H2,9,10,11). The van der Waals surface area contributed by atoms with Crippen molar-refractivity contribution in [3.05, 3.63) is 33.4 Å². The van der Waals surface area contributed by atoms with Crippen molar-refractivity contribution in [2.75, 3.05) is 0 Å². The summed E-state index contributed by atoms with van der Waals surface area (Å²) in [4.78, 5) is 11.9. The maximum absolute atomic E-state index is 10.8. The average Bonchev–Trinajstić information content (AvgIpc) is 2.58. The first-order chi connectivity index (χ1) is 5.77. The average molecular weight is 180 g/mol. The summed E-state index contributed by atoms with van der Waals surface area (Å²) in [6.45, 7) is 2.02. The van der Waals surface area contributed by atoms with Gasteiger partial charge >= 0.3 is 0 Å². The smallest absolute Gasteiger partial charge is 0.264 e. The SMILES string of the molecule is Cc1ccsc1-c1cc(=O)[nH][nH]1. The zero-order valence-corrected chi connectivity index (χ0v) is 7.37. The Morgan fingerprint density at radius 1 is 1.42 bits per heavy atom. The van der Waals surface area contributed by atoms with Crippen molar-refractivity contribution in [2.45, 2.75) is 6.92 Å². The minimum atomic E-state index is -0.0854. The van der Waals surface area contributed by atoms with Crippen molar-refractivity contribution >= 4 is 11.3 Å². The fraction of sp³-hybridized carbons (Fsp3) is 0.125. The second-order valence-corrected chi connectivity index (χ2v) is 3.52. The van der Waals surface area contributed by atoms with Crippen LogP contribution < -0.4 is 5.56 Å². The van der Waals surface area contributed by atoms with Crippen molar-refractivity contribution in [2.24, 2.45) is 0 Å². The molecule has 0 aromatic carbocycles. The molecule has 0 saturated heterocycles. The first-order valence-electron chi connectivity index (χ1n) is 3.59. The number of rotatable bonds is 1. The summed E-state index contributed by atoms with van der Waals surface area (Å²) in [7, 11) is 0. The molecule has 0 spiro atoms. The van der Waals surface area contributed by atoms with Crippen LogP contribution in [0.5, 0.6) is 0 Å². The van der Waals surface area contributed by atoms with Crippen LogP contribution in [0.1, 0.15) is 5.56 Å². The lowest BCUT2D eigenvalue weighted by Crippen LogP contribution is -1.93. The van der Waals surface area contributed by atoms with Crippen LogP contribution in [0.3, 0.4) is 0 Å². The van der Waals surface area contributed by atoms with Crippen molar-refractivity contribution < 1.29 is 0 Å². The highest BCUT2D eigenvalue weighted by atomic mass is 32.1. The fourth-order valence-corrected chi connectivity index (χ4v) is 2.00. The second-order valence-electron chi connectivity index (χ2n) is 2.61. The zero-order chi connectivity index (χ0) is 8.55. The molecule has 0 aliphatic rings. The Hall–Kier alpha value is -1.29. The Kier molecular flexibility index (Phi) is 1.62. The van der Waals surface area contributed by atoms with E-state index in [0.29, 0.717) is 0 Å². The number of H-pyrrole nitrogens is 2. The number of nitrogens with one attached hydrogen (secondary N) is 2. The monoisotopic (exact) mass is 180 g/mol. The summed E-state index contributed by atoms with van der Waals surface area (Å²) >= 11 is 1.63. The first-order valence-corrected chi connectivity index (χ1v) is 4.47. The molecule has 0 aliphatic carbocycles. The van der Waals surface area contributed by atoms with Gasteiger partial charge in [0.15, 0.2) is 0 Å². The van der Waals surface area contributed by atoms with Gasteiger partial charge in [0, 0.05) is 6.07 Å². The molecule has 0 amide bonds. The van der Waals surface area contributed by atoms with E-state index >= 15 is 0 Å². The maximum atomic E-state index is 10.8. The third-order valence-electron chi connectivity index (χ3n) is 1.70. The maximum Gasteiger partial charge on any atom is 0.264 e. The molecule has 0 unspecified atom stereocenters. The van der Waals surface area contributed by atoms with E-state index < -0.39 is 0 Å². The molecule has 2 N–H and O–H groups in total. The summed E-state index contributed by atoms with van der Waals surface area (Å²) in [6.07, 6.45) is 0. The van der Waals surface area contributed by atoms with Gasteiger partial charge in [-0.25, -0.2) is 0 Å². The molecular weight excluding hydrogens is 172 g/mol. The van der Waals surface area contributed by atoms with E-state index in [1.54, 1.807) is 17.4 Å². The Morgan fingerprint density at radius 2 is 2.25 bits per heavy atom. The van der Waals surface area contributed by atoms with Crippen LogP contribution >= 0.6 is 11.3 Å². The summed E-state index contributed by atoms with van der Waals surface area (Å²) in [5, 5.41) is 7.34. The van der Waals surface area contributed by atoms with Gasteiger partial charge in [-0.3, -0.25) is 15.0 Å². The predicted octanol–water partition coefficient (Wildman–Crippen LogP) is 1.74. The van der Waals surface area contributed by atoms with E-state index in [9.17, 15) is 4.79 Å². The molecule has 2 aromatic rings. The van der Waals surface area contributed by atoms with Gasteiger partial charge in [-0.1, -0.05) is 0 Å². The molecule has 2 aromatic heterocycles. The lowest BCUT2D eigenvalue weighted by molar-refractivity contribution is 1.06. The second kappa shape index (κ2) is 2.64. The molecule has 0 aliphatic heterocycles. The highest BCUT2D eigenvalue weighted by molar-refractivity contribution is 7.13. The van der Waals surface area contributed by atoms with Crippen molar-refractivity contribution in [3.63, 3.8) is 0 Å². The normalized spacial score (nSPS) is 10.4. The number of aromatic nitrogens is 2. The third kappa shape index (κ3) is 1.10. The van der Waals surface area contributed by atoms with E-state index in [2.05, 4.69) is 10.2 Å². The zero-order valence-electron chi connectivity index (χ0n) is 6.55. The minimum absolute atomic E-state index is 0.0854. The van der Waals surface area contributed by atoms with E-state index in [-0.39, 0.29) is 5.56 Å². The number of hydrogen-bond donors (Lipinski definition) is 2. The number of thiophene rings is 1. The lowest BCUT2D eigenvalue weighted by atomic mass is 10.2. The van der Waals surface area contributed by atoms with Gasteiger partial charge in [0.05, 0.1) is 10.6 Å². The van der Waals surface area contributed by atoms with Gasteiger partial charge in [0.1, 0.15) is 0 Å². The Bertz CT molecular complexity index is 438. The number of aromatic amines is 2. The molecule has 0 saturated carbocycles. The Balaban J connectivity index is 2.57. The van der Waals surface area contributed by atoms with E-state index in [1.165, 1.54) is 5.56 Å². The summed E-state index contributed by atoms with van der Waals surface area (Å²) < 4.78 is 0. The molecule has 2 heterocycles. The van der Waals surface area contributed by atoms with Crippen LogP contribution in [-0.4, -0.2) is 10.2 Å². The van der Waals surface area contributed by atoms with Crippen LogP contribution in [0.4, 0.5) is 0 Å². The van der Waals surface area contributed by atoms with Crippen LogP contribution in [0.2, 0.25) is 0 Å². The van der Waals surface area contributed by atoms with Crippen LogP contribution in [0, 0.1) is 6.92 Å². The Morgan fingerprint density at radius 3 is 2.75 bits per heavy atom. The van der Waals surface area contributed by atoms with Gasteiger partial charge in [-0.2, -0.15) is 0 Å². The number of hydrogen-bond acceptors (Lipinski definition) is 2. The predicted molar refractivity (Wildman–Crippen MR) is 49.5 cm³/mol. The van der Waals surface area contributed by atoms with Crippen LogP contribution in [-0.2, 0) is 0 Å². The van der Waals surface area contributed by atoms with Gasteiger partial charge < -0.3 is 0 Å². The quantitative estimate of drug-likeness (QED) is 0.690. The Labute approximate surface area is 73.1 Å². The third-order valence-corrected chi connectivity index (χ3v) is 2.75. The topological polar surface area (TPSA) is 48.6 Å². The lowest BCUT2D eigenvalue weighted by Gasteiger charge is -1.91. The molecule has 0 bridgehead atoms.